The summed E-state index contributed by atoms with van der Waals surface area (Å²) in [4.78, 5) is 29.0. The molecular weight excluding hydrogens is 312 g/mol. The van der Waals surface area contributed by atoms with Crippen LogP contribution in [0, 0.1) is 6.92 Å². The fourth-order valence-corrected chi connectivity index (χ4v) is 2.53. The van der Waals surface area contributed by atoms with E-state index < -0.39 is 11.2 Å². The maximum absolute atomic E-state index is 11.8. The second-order valence-corrected chi connectivity index (χ2v) is 5.49. The molecule has 0 atom stereocenters. The molecule has 0 fully saturated rings. The molecule has 0 unspecified atom stereocenters. The highest BCUT2D eigenvalue weighted by molar-refractivity contribution is 5.85. The Morgan fingerprint density at radius 3 is 2.79 bits per heavy atom. The molecule has 7 nitrogen and oxygen atoms in total. The monoisotopic (exact) mass is 330 g/mol. The number of fused-ring (bicyclic) bond motifs is 2. The maximum Gasteiger partial charge on any atom is 0.351 e. The molecule has 1 aromatic carbocycles. The number of hydrogen-bond donors (Lipinski definition) is 1. The van der Waals surface area contributed by atoms with Crippen LogP contribution in [0.2, 0.25) is 0 Å². The van der Waals surface area contributed by atoms with E-state index in [-0.39, 0.29) is 11.5 Å². The van der Waals surface area contributed by atoms with Gasteiger partial charge in [0.2, 0.25) is 5.89 Å². The normalized spacial score (nSPS) is 11.2. The van der Waals surface area contributed by atoms with Gasteiger partial charge in [0, 0.05) is 24.7 Å². The van der Waals surface area contributed by atoms with Crippen LogP contribution in [0.15, 0.2) is 32.2 Å². The van der Waals surface area contributed by atoms with Crippen molar-refractivity contribution in [2.75, 3.05) is 20.3 Å². The summed E-state index contributed by atoms with van der Waals surface area (Å²) in [5.41, 5.74) is 0.366. The van der Waals surface area contributed by atoms with Crippen LogP contribution >= 0.6 is 0 Å². The summed E-state index contributed by atoms with van der Waals surface area (Å²) >= 11 is 0. The number of aromatic nitrogens is 2. The molecule has 3 rings (SSSR count). The average molecular weight is 330 g/mol. The number of aromatic amines is 1. The fourth-order valence-electron chi connectivity index (χ4n) is 2.53. The number of benzene rings is 1. The molecule has 1 N–H and O–H groups in total. The molecule has 2 heterocycles. The SMILES string of the molecule is COCCCCOc1ccc2cc3c(=O)[nH]c(=O)nc-3oc2c1C. The highest BCUT2D eigenvalue weighted by Crippen LogP contribution is 2.31. The summed E-state index contributed by atoms with van der Waals surface area (Å²) < 4.78 is 16.5. The number of aryl methyl sites for hydroxylation is 1. The highest BCUT2D eigenvalue weighted by atomic mass is 16.5. The van der Waals surface area contributed by atoms with Crippen LogP contribution in [0.1, 0.15) is 18.4 Å². The lowest BCUT2D eigenvalue weighted by Gasteiger charge is -2.12. The molecule has 0 spiro atoms. The second kappa shape index (κ2) is 6.84. The third-order valence-corrected chi connectivity index (χ3v) is 3.78. The molecule has 0 amide bonds. The highest BCUT2D eigenvalue weighted by Gasteiger charge is 2.16. The van der Waals surface area contributed by atoms with Crippen LogP contribution in [0.3, 0.4) is 0 Å². The molecule has 0 aliphatic carbocycles. The Balaban J connectivity index is 1.96. The lowest BCUT2D eigenvalue weighted by atomic mass is 10.1. The van der Waals surface area contributed by atoms with Gasteiger partial charge in [0.1, 0.15) is 16.9 Å². The van der Waals surface area contributed by atoms with E-state index >= 15 is 0 Å². The molecule has 0 aromatic heterocycles. The minimum atomic E-state index is -0.723. The van der Waals surface area contributed by atoms with Crippen molar-refractivity contribution in [1.82, 2.24) is 9.97 Å². The van der Waals surface area contributed by atoms with E-state index in [0.717, 1.165) is 23.8 Å². The van der Waals surface area contributed by atoms with Gasteiger partial charge >= 0.3 is 5.69 Å². The van der Waals surface area contributed by atoms with Gasteiger partial charge in [-0.2, -0.15) is 4.98 Å². The van der Waals surface area contributed by atoms with E-state index in [1.165, 1.54) is 0 Å². The minimum absolute atomic E-state index is 0.0246. The van der Waals surface area contributed by atoms with Gasteiger partial charge in [0.05, 0.1) is 6.61 Å². The molecule has 1 aromatic rings. The zero-order valence-electron chi connectivity index (χ0n) is 13.5. The summed E-state index contributed by atoms with van der Waals surface area (Å²) in [5, 5.41) is 0.748. The number of nitrogens with zero attached hydrogens (tertiary/aromatic N) is 1. The Morgan fingerprint density at radius 2 is 2.00 bits per heavy atom. The lowest BCUT2D eigenvalue weighted by molar-refractivity contribution is 0.184. The summed E-state index contributed by atoms with van der Waals surface area (Å²) in [6.07, 6.45) is 1.81. The van der Waals surface area contributed by atoms with Gasteiger partial charge < -0.3 is 13.9 Å². The Kier molecular flexibility index (Phi) is 4.61. The topological polar surface area (TPSA) is 94.4 Å². The van der Waals surface area contributed by atoms with E-state index in [9.17, 15) is 9.59 Å². The van der Waals surface area contributed by atoms with Crippen LogP contribution in [0.4, 0.5) is 0 Å². The molecule has 0 saturated heterocycles. The van der Waals surface area contributed by atoms with Gasteiger partial charge in [-0.1, -0.05) is 0 Å². The van der Waals surface area contributed by atoms with Crippen molar-refractivity contribution in [2.45, 2.75) is 19.8 Å². The zero-order valence-corrected chi connectivity index (χ0v) is 13.5. The first kappa shape index (κ1) is 16.2. The third kappa shape index (κ3) is 3.16. The van der Waals surface area contributed by atoms with Crippen LogP contribution in [-0.4, -0.2) is 30.3 Å². The van der Waals surface area contributed by atoms with E-state index in [4.69, 9.17) is 13.9 Å². The number of rotatable bonds is 6. The first-order valence-corrected chi connectivity index (χ1v) is 7.69. The fraction of sp³-hybridized carbons (Fsp3) is 0.353. The molecule has 0 saturated carbocycles. The number of methoxy groups -OCH3 is 1. The van der Waals surface area contributed by atoms with Gasteiger partial charge in [0.15, 0.2) is 0 Å². The van der Waals surface area contributed by atoms with Gasteiger partial charge in [-0.05, 0) is 38.0 Å². The quantitative estimate of drug-likeness (QED) is 0.549. The van der Waals surface area contributed by atoms with Crippen molar-refractivity contribution in [3.63, 3.8) is 0 Å². The first-order chi connectivity index (χ1) is 11.6. The predicted molar refractivity (Wildman–Crippen MR) is 88.9 cm³/mol. The smallest absolute Gasteiger partial charge is 0.351 e. The second-order valence-electron chi connectivity index (χ2n) is 5.49. The predicted octanol–water partition coefficient (Wildman–Crippen LogP) is 2.09. The zero-order chi connectivity index (χ0) is 17.1. The van der Waals surface area contributed by atoms with E-state index in [1.807, 2.05) is 19.1 Å². The molecule has 24 heavy (non-hydrogen) atoms. The molecule has 2 aliphatic heterocycles. The Labute approximate surface area is 137 Å². The van der Waals surface area contributed by atoms with Crippen LogP contribution in [0.5, 0.6) is 5.75 Å². The molecular formula is C17H18N2O5. The summed E-state index contributed by atoms with van der Waals surface area (Å²) in [7, 11) is 1.67. The van der Waals surface area contributed by atoms with Crippen molar-refractivity contribution < 1.29 is 13.9 Å². The Bertz CT molecular complexity index is 944. The minimum Gasteiger partial charge on any atom is -0.493 e. The Hall–Kier alpha value is -2.67. The van der Waals surface area contributed by atoms with Gasteiger partial charge in [0.25, 0.3) is 5.56 Å². The van der Waals surface area contributed by atoms with Crippen molar-refractivity contribution in [3.8, 4) is 17.2 Å². The van der Waals surface area contributed by atoms with Crippen molar-refractivity contribution in [3.05, 3.63) is 44.6 Å². The number of hydrogen-bond acceptors (Lipinski definition) is 6. The van der Waals surface area contributed by atoms with Crippen LogP contribution < -0.4 is 16.0 Å². The van der Waals surface area contributed by atoms with Gasteiger partial charge in [-0.3, -0.25) is 9.78 Å². The number of unbranched alkanes of at least 4 members (excludes halogenated alkanes) is 1. The number of nitrogens with one attached hydrogen (secondary N) is 1. The van der Waals surface area contributed by atoms with Gasteiger partial charge in [-0.15, -0.1) is 0 Å². The largest absolute Gasteiger partial charge is 0.493 e. The van der Waals surface area contributed by atoms with Crippen molar-refractivity contribution in [2.24, 2.45) is 0 Å². The van der Waals surface area contributed by atoms with E-state index in [1.54, 1.807) is 13.2 Å². The van der Waals surface area contributed by atoms with Crippen molar-refractivity contribution in [1.29, 1.82) is 0 Å². The maximum atomic E-state index is 11.8. The number of H-pyrrole nitrogens is 1. The van der Waals surface area contributed by atoms with Crippen LogP contribution in [-0.2, 0) is 4.74 Å². The first-order valence-electron chi connectivity index (χ1n) is 7.69. The van der Waals surface area contributed by atoms with Crippen LogP contribution in [0.25, 0.3) is 22.4 Å². The Morgan fingerprint density at radius 1 is 1.21 bits per heavy atom. The van der Waals surface area contributed by atoms with E-state index in [2.05, 4.69) is 9.97 Å². The summed E-state index contributed by atoms with van der Waals surface area (Å²) in [6.45, 7) is 3.15. The van der Waals surface area contributed by atoms with E-state index in [0.29, 0.717) is 24.5 Å². The number of ether oxygens (including phenoxy) is 2. The molecule has 0 bridgehead atoms. The summed E-state index contributed by atoms with van der Waals surface area (Å²) in [5.74, 6) is 0.729. The lowest BCUT2D eigenvalue weighted by Crippen LogP contribution is -2.24. The molecule has 126 valence electrons. The standard InChI is InChI=1S/C17H18N2O5/c1-10-13(23-8-4-3-7-22-2)6-5-11-9-12-15(20)18-17(21)19-16(12)24-14(10)11/h5-6,9H,3-4,7-8H2,1-2H3,(H,18,20,21). The van der Waals surface area contributed by atoms with Gasteiger partial charge in [-0.25, -0.2) is 4.79 Å². The third-order valence-electron chi connectivity index (χ3n) is 3.78. The molecule has 0 radical (unpaired) electrons. The molecule has 2 aliphatic rings. The van der Waals surface area contributed by atoms with Crippen molar-refractivity contribution >= 4 is 11.0 Å². The molecule has 7 heteroatoms. The summed E-state index contributed by atoms with van der Waals surface area (Å²) in [6, 6.07) is 5.33. The average Bonchev–Trinajstić information content (AvgIpc) is 2.55.